The number of rotatable bonds is 4. The molecule has 0 aromatic carbocycles. The quantitative estimate of drug-likeness (QED) is 0.793. The highest BCUT2D eigenvalue weighted by molar-refractivity contribution is 5.83. The van der Waals surface area contributed by atoms with E-state index in [1.54, 1.807) is 6.07 Å². The second-order valence-corrected chi connectivity index (χ2v) is 4.03. The number of nitrogens with one attached hydrogen (secondary N) is 1. The van der Waals surface area contributed by atoms with Crippen molar-refractivity contribution in [3.05, 3.63) is 48.0 Å². The van der Waals surface area contributed by atoms with Crippen LogP contribution in [0.4, 0.5) is 14.6 Å². The number of hydrogen-bond donors (Lipinski definition) is 1. The number of hydrogen-bond acceptors (Lipinski definition) is 5. The molecular formula is C13H10F2N4O. The lowest BCUT2D eigenvalue weighted by atomic mass is 10.3. The fourth-order valence-corrected chi connectivity index (χ4v) is 1.80. The van der Waals surface area contributed by atoms with Crippen LogP contribution in [0.1, 0.15) is 11.6 Å². The lowest BCUT2D eigenvalue weighted by Crippen LogP contribution is -2.05. The van der Waals surface area contributed by atoms with Crippen LogP contribution in [0.15, 0.2) is 35.0 Å². The molecule has 0 bridgehead atoms. The van der Waals surface area contributed by atoms with Gasteiger partial charge in [0.2, 0.25) is 5.89 Å². The van der Waals surface area contributed by atoms with Gasteiger partial charge in [0, 0.05) is 18.5 Å². The van der Waals surface area contributed by atoms with Crippen molar-refractivity contribution in [3.8, 4) is 0 Å². The van der Waals surface area contributed by atoms with Crippen LogP contribution in [0.25, 0.3) is 11.1 Å². The van der Waals surface area contributed by atoms with Gasteiger partial charge in [0.25, 0.3) is 0 Å². The molecule has 1 N–H and O–H groups in total. The summed E-state index contributed by atoms with van der Waals surface area (Å²) in [5, 5.41) is 2.92. The van der Waals surface area contributed by atoms with Gasteiger partial charge in [-0.2, -0.15) is 0 Å². The van der Waals surface area contributed by atoms with Crippen molar-refractivity contribution in [2.24, 2.45) is 0 Å². The largest absolute Gasteiger partial charge is 0.438 e. The number of nitrogens with zero attached hydrogens (tertiary/aromatic N) is 3. The number of fused-ring (bicyclic) bond motifs is 1. The standard InChI is InChI=1S/C13H10F2N4O/c14-6-11-19-12-10(20-11)3-5-17-13(12)18-7-9-8(15)2-1-4-16-9/h1-5H,6-7H2,(H,17,18). The molecule has 0 aliphatic carbocycles. The zero-order chi connectivity index (χ0) is 13.9. The minimum atomic E-state index is -0.789. The summed E-state index contributed by atoms with van der Waals surface area (Å²) in [7, 11) is 0. The molecule has 0 atom stereocenters. The van der Waals surface area contributed by atoms with Crippen molar-refractivity contribution in [1.29, 1.82) is 0 Å². The molecule has 0 saturated heterocycles. The third-order valence-corrected chi connectivity index (χ3v) is 2.72. The molecule has 0 aliphatic heterocycles. The third-order valence-electron chi connectivity index (χ3n) is 2.72. The van der Waals surface area contributed by atoms with Gasteiger partial charge in [-0.25, -0.2) is 18.7 Å². The average Bonchev–Trinajstić information content (AvgIpc) is 2.90. The first kappa shape index (κ1) is 12.5. The summed E-state index contributed by atoms with van der Waals surface area (Å²) in [5.74, 6) is -0.0205. The Labute approximate surface area is 112 Å². The molecule has 5 nitrogen and oxygen atoms in total. The fourth-order valence-electron chi connectivity index (χ4n) is 1.80. The van der Waals surface area contributed by atoms with E-state index in [9.17, 15) is 8.78 Å². The number of oxazole rings is 1. The topological polar surface area (TPSA) is 63.8 Å². The summed E-state index contributed by atoms with van der Waals surface area (Å²) in [6, 6.07) is 4.44. The molecule has 0 amide bonds. The Morgan fingerprint density at radius 2 is 2.10 bits per heavy atom. The summed E-state index contributed by atoms with van der Waals surface area (Å²) in [6.45, 7) is -0.639. The second kappa shape index (κ2) is 5.20. The zero-order valence-electron chi connectivity index (χ0n) is 10.3. The fraction of sp³-hybridized carbons (Fsp3) is 0.154. The van der Waals surface area contributed by atoms with Crippen molar-refractivity contribution in [2.75, 3.05) is 5.32 Å². The maximum Gasteiger partial charge on any atom is 0.227 e. The van der Waals surface area contributed by atoms with Crippen molar-refractivity contribution in [1.82, 2.24) is 15.0 Å². The molecule has 0 spiro atoms. The van der Waals surface area contributed by atoms with E-state index in [1.807, 2.05) is 0 Å². The summed E-state index contributed by atoms with van der Waals surface area (Å²) in [4.78, 5) is 12.0. The molecule has 0 radical (unpaired) electrons. The number of anilines is 1. The second-order valence-electron chi connectivity index (χ2n) is 4.03. The SMILES string of the molecule is FCc1nc2c(NCc3ncccc3F)nccc2o1. The number of halogens is 2. The molecule has 3 aromatic rings. The van der Waals surface area contributed by atoms with Crippen molar-refractivity contribution in [3.63, 3.8) is 0 Å². The van der Waals surface area contributed by atoms with Gasteiger partial charge in [-0.05, 0) is 12.1 Å². The number of pyridine rings is 2. The Morgan fingerprint density at radius 3 is 2.90 bits per heavy atom. The minimum Gasteiger partial charge on any atom is -0.438 e. The molecule has 0 saturated carbocycles. The Balaban J connectivity index is 1.87. The zero-order valence-corrected chi connectivity index (χ0v) is 10.3. The van der Waals surface area contributed by atoms with E-state index >= 15 is 0 Å². The molecule has 7 heteroatoms. The first-order chi connectivity index (χ1) is 9.78. The van der Waals surface area contributed by atoms with Crippen LogP contribution in [0, 0.1) is 5.82 Å². The van der Waals surface area contributed by atoms with E-state index in [1.165, 1.54) is 24.5 Å². The third kappa shape index (κ3) is 2.29. The van der Waals surface area contributed by atoms with Crippen LogP contribution >= 0.6 is 0 Å². The van der Waals surface area contributed by atoms with E-state index < -0.39 is 12.5 Å². The highest BCUT2D eigenvalue weighted by atomic mass is 19.1. The van der Waals surface area contributed by atoms with Crippen molar-refractivity contribution < 1.29 is 13.2 Å². The summed E-state index contributed by atoms with van der Waals surface area (Å²) in [6.07, 6.45) is 3.01. The highest BCUT2D eigenvalue weighted by Gasteiger charge is 2.11. The normalized spacial score (nSPS) is 10.9. The first-order valence-corrected chi connectivity index (χ1v) is 5.91. The summed E-state index contributed by atoms with van der Waals surface area (Å²) >= 11 is 0. The van der Waals surface area contributed by atoms with Gasteiger partial charge in [0.05, 0.1) is 12.2 Å². The molecule has 3 rings (SSSR count). The van der Waals surface area contributed by atoms with E-state index in [2.05, 4.69) is 20.3 Å². The van der Waals surface area contributed by atoms with Crippen LogP contribution in [0.5, 0.6) is 0 Å². The lowest BCUT2D eigenvalue weighted by Gasteiger charge is -2.05. The molecule has 3 aromatic heterocycles. The summed E-state index contributed by atoms with van der Waals surface area (Å²) in [5.41, 5.74) is 1.11. The highest BCUT2D eigenvalue weighted by Crippen LogP contribution is 2.22. The number of alkyl halides is 1. The smallest absolute Gasteiger partial charge is 0.227 e. The van der Waals surface area contributed by atoms with Gasteiger partial charge in [-0.3, -0.25) is 4.98 Å². The van der Waals surface area contributed by atoms with Crippen LogP contribution in [0.2, 0.25) is 0 Å². The van der Waals surface area contributed by atoms with Crippen LogP contribution in [0.3, 0.4) is 0 Å². The van der Waals surface area contributed by atoms with Gasteiger partial charge >= 0.3 is 0 Å². The van der Waals surface area contributed by atoms with Gasteiger partial charge in [0.1, 0.15) is 5.82 Å². The molecule has 20 heavy (non-hydrogen) atoms. The maximum absolute atomic E-state index is 13.5. The van der Waals surface area contributed by atoms with E-state index in [-0.39, 0.29) is 18.1 Å². The summed E-state index contributed by atoms with van der Waals surface area (Å²) < 4.78 is 31.2. The Kier molecular flexibility index (Phi) is 3.24. The molecular weight excluding hydrogens is 266 g/mol. The number of aromatic nitrogens is 3. The van der Waals surface area contributed by atoms with E-state index in [4.69, 9.17) is 4.42 Å². The minimum absolute atomic E-state index is 0.0138. The first-order valence-electron chi connectivity index (χ1n) is 5.91. The van der Waals surface area contributed by atoms with Gasteiger partial charge in [0.15, 0.2) is 23.6 Å². The predicted molar refractivity (Wildman–Crippen MR) is 68.1 cm³/mol. The van der Waals surface area contributed by atoms with Gasteiger partial charge < -0.3 is 9.73 Å². The van der Waals surface area contributed by atoms with Crippen LogP contribution in [-0.2, 0) is 13.2 Å². The van der Waals surface area contributed by atoms with Crippen molar-refractivity contribution in [2.45, 2.75) is 13.2 Å². The molecule has 0 aliphatic rings. The average molecular weight is 276 g/mol. The Morgan fingerprint density at radius 1 is 1.20 bits per heavy atom. The van der Waals surface area contributed by atoms with Crippen molar-refractivity contribution >= 4 is 16.9 Å². The lowest BCUT2D eigenvalue weighted by molar-refractivity contribution is 0.393. The monoisotopic (exact) mass is 276 g/mol. The molecule has 0 fully saturated rings. The van der Waals surface area contributed by atoms with Crippen LogP contribution in [-0.4, -0.2) is 15.0 Å². The Bertz CT molecular complexity index is 744. The van der Waals surface area contributed by atoms with Gasteiger partial charge in [-0.15, -0.1) is 0 Å². The van der Waals surface area contributed by atoms with Gasteiger partial charge in [-0.1, -0.05) is 0 Å². The predicted octanol–water partition coefficient (Wildman–Crippen LogP) is 2.84. The van der Waals surface area contributed by atoms with E-state index in [0.29, 0.717) is 16.9 Å². The molecule has 102 valence electrons. The Hall–Kier alpha value is -2.57. The maximum atomic E-state index is 13.5. The molecule has 0 unspecified atom stereocenters. The van der Waals surface area contributed by atoms with Crippen LogP contribution < -0.4 is 5.32 Å². The molecule has 3 heterocycles. The van der Waals surface area contributed by atoms with E-state index in [0.717, 1.165) is 0 Å².